The number of nitrogens with zero attached hydrogens (tertiary/aromatic N) is 4. The van der Waals surface area contributed by atoms with Crippen molar-refractivity contribution >= 4 is 50.9 Å². The summed E-state index contributed by atoms with van der Waals surface area (Å²) in [6.07, 6.45) is 17.0. The number of rotatable bonds is 3. The SMILES string of the molecule is Cc1ccc2c(c1)c1c(n2-c2cc(-n3c4ccc(C)cc4c4cc(C)ccc43)cc(-n3c4c(c5c3C=CC(C)C5)CC(C)C=C4)c2C#N)C=CC(C)C1. The predicted octanol–water partition coefficient (Wildman–Crippen LogP) is 11.9. The van der Waals surface area contributed by atoms with Gasteiger partial charge in [0.1, 0.15) is 11.6 Å². The molecule has 7 aromatic rings. The van der Waals surface area contributed by atoms with Gasteiger partial charge in [0.25, 0.3) is 0 Å². The van der Waals surface area contributed by atoms with Crippen LogP contribution in [0.3, 0.4) is 0 Å². The fourth-order valence-corrected chi connectivity index (χ4v) is 9.57. The van der Waals surface area contributed by atoms with Crippen molar-refractivity contribution in [3.63, 3.8) is 0 Å². The van der Waals surface area contributed by atoms with E-state index >= 15 is 0 Å². The lowest BCUT2D eigenvalue weighted by Crippen LogP contribution is -2.12. The van der Waals surface area contributed by atoms with Gasteiger partial charge in [-0.15, -0.1) is 0 Å². The first kappa shape index (κ1) is 31.9. The zero-order valence-electron chi connectivity index (χ0n) is 31.5. The molecule has 0 bridgehead atoms. The molecule has 4 heteroatoms. The summed E-state index contributed by atoms with van der Waals surface area (Å²) in [6, 6.07) is 27.8. The molecule has 3 aliphatic carbocycles. The third-order valence-corrected chi connectivity index (χ3v) is 12.1. The molecule has 260 valence electrons. The molecule has 0 saturated carbocycles. The van der Waals surface area contributed by atoms with Crippen molar-refractivity contribution < 1.29 is 0 Å². The molecule has 0 N–H and O–H groups in total. The van der Waals surface area contributed by atoms with Gasteiger partial charge in [-0.2, -0.15) is 5.26 Å². The number of aromatic nitrogens is 3. The Bertz CT molecular complexity index is 2750. The van der Waals surface area contributed by atoms with Crippen LogP contribution in [-0.2, 0) is 19.3 Å². The van der Waals surface area contributed by atoms with E-state index in [-0.39, 0.29) is 0 Å². The van der Waals surface area contributed by atoms with Crippen molar-refractivity contribution in [3.05, 3.63) is 141 Å². The van der Waals surface area contributed by atoms with E-state index in [0.29, 0.717) is 23.3 Å². The normalized spacial score (nSPS) is 18.8. The van der Waals surface area contributed by atoms with E-state index in [2.05, 4.69) is 164 Å². The van der Waals surface area contributed by atoms with Gasteiger partial charge in [-0.25, -0.2) is 0 Å². The molecular formula is C49H44N4. The Morgan fingerprint density at radius 2 is 0.925 bits per heavy atom. The summed E-state index contributed by atoms with van der Waals surface area (Å²) < 4.78 is 7.23. The summed E-state index contributed by atoms with van der Waals surface area (Å²) in [6.45, 7) is 13.4. The van der Waals surface area contributed by atoms with Crippen LogP contribution < -0.4 is 0 Å². The van der Waals surface area contributed by atoms with Gasteiger partial charge in [-0.05, 0) is 141 Å². The maximum Gasteiger partial charge on any atom is 0.104 e. The number of benzene rings is 4. The number of fused-ring (bicyclic) bond motifs is 9. The number of hydrogen-bond acceptors (Lipinski definition) is 1. The van der Waals surface area contributed by atoms with Crippen molar-refractivity contribution in [2.75, 3.05) is 0 Å². The molecule has 3 heterocycles. The standard InChI is InChI=1S/C49H44N4/c1-28-7-13-42-35(19-28)36-20-29(2)8-14-43(36)51(42)34-25-48(52-44-15-9-30(3)21-37(44)38-22-31(4)10-16-45(38)52)41(27-50)49(26-34)53-46-17-11-32(5)23-39(46)40-24-33(6)12-18-47(40)53/h7-21,25-26,31-33H,22-24H2,1-6H3. The second-order valence-electron chi connectivity index (χ2n) is 16.3. The highest BCUT2D eigenvalue weighted by molar-refractivity contribution is 6.10. The smallest absolute Gasteiger partial charge is 0.104 e. The van der Waals surface area contributed by atoms with Crippen molar-refractivity contribution in [3.8, 4) is 23.1 Å². The van der Waals surface area contributed by atoms with Crippen molar-refractivity contribution in [2.45, 2.75) is 60.8 Å². The summed E-state index contributed by atoms with van der Waals surface area (Å²) in [7, 11) is 0. The molecule has 3 atom stereocenters. The average Bonchev–Trinajstić information content (AvgIpc) is 3.75. The summed E-state index contributed by atoms with van der Waals surface area (Å²) in [4.78, 5) is 0. The first-order chi connectivity index (χ1) is 25.7. The highest BCUT2D eigenvalue weighted by atomic mass is 15.1. The Labute approximate surface area is 311 Å². The highest BCUT2D eigenvalue weighted by Crippen LogP contribution is 2.43. The van der Waals surface area contributed by atoms with Crippen molar-refractivity contribution in [2.24, 2.45) is 17.8 Å². The molecule has 0 spiro atoms. The van der Waals surface area contributed by atoms with Gasteiger partial charge in [0.05, 0.1) is 33.6 Å². The van der Waals surface area contributed by atoms with Crippen LogP contribution in [0.4, 0.5) is 0 Å². The summed E-state index contributed by atoms with van der Waals surface area (Å²) >= 11 is 0. The molecule has 4 aromatic carbocycles. The lowest BCUT2D eigenvalue weighted by atomic mass is 9.87. The van der Waals surface area contributed by atoms with E-state index in [1.54, 1.807) is 0 Å². The number of nitriles is 1. The topological polar surface area (TPSA) is 38.6 Å². The van der Waals surface area contributed by atoms with Crippen LogP contribution in [0.15, 0.2) is 85.0 Å². The molecule has 0 amide bonds. The average molecular weight is 689 g/mol. The molecular weight excluding hydrogens is 645 g/mol. The minimum Gasteiger partial charge on any atom is -0.309 e. The van der Waals surface area contributed by atoms with Crippen molar-refractivity contribution in [1.82, 2.24) is 13.7 Å². The van der Waals surface area contributed by atoms with Crippen LogP contribution in [0.25, 0.3) is 68.0 Å². The quantitative estimate of drug-likeness (QED) is 0.182. The van der Waals surface area contributed by atoms with E-state index in [4.69, 9.17) is 0 Å². The number of allylic oxidation sites excluding steroid dienone is 3. The minimum atomic E-state index is 0.449. The predicted molar refractivity (Wildman–Crippen MR) is 222 cm³/mol. The van der Waals surface area contributed by atoms with Gasteiger partial charge < -0.3 is 13.7 Å². The third kappa shape index (κ3) is 4.73. The molecule has 0 aliphatic heterocycles. The molecule has 53 heavy (non-hydrogen) atoms. The van der Waals surface area contributed by atoms with Crippen molar-refractivity contribution in [1.29, 1.82) is 5.26 Å². The molecule has 0 saturated heterocycles. The van der Waals surface area contributed by atoms with E-state index in [0.717, 1.165) is 41.8 Å². The van der Waals surface area contributed by atoms with Gasteiger partial charge in [-0.1, -0.05) is 73.9 Å². The van der Waals surface area contributed by atoms with E-state index in [1.807, 2.05) is 0 Å². The minimum absolute atomic E-state index is 0.449. The summed E-state index contributed by atoms with van der Waals surface area (Å²) in [5.41, 5.74) is 18.6. The Morgan fingerprint density at radius 1 is 0.509 bits per heavy atom. The number of hydrogen-bond donors (Lipinski definition) is 0. The van der Waals surface area contributed by atoms with Crippen LogP contribution in [0.1, 0.15) is 76.8 Å². The molecule has 0 fully saturated rings. The zero-order chi connectivity index (χ0) is 36.3. The Hall–Kier alpha value is -5.79. The van der Waals surface area contributed by atoms with Crippen LogP contribution in [0.5, 0.6) is 0 Å². The Balaban J connectivity index is 1.38. The summed E-state index contributed by atoms with van der Waals surface area (Å²) in [5.74, 6) is 1.40. The second kappa shape index (κ2) is 11.6. The maximum atomic E-state index is 11.4. The molecule has 3 aliphatic rings. The van der Waals surface area contributed by atoms with Crippen LogP contribution >= 0.6 is 0 Å². The lowest BCUT2D eigenvalue weighted by Gasteiger charge is -2.22. The van der Waals surface area contributed by atoms with Gasteiger partial charge in [0.2, 0.25) is 0 Å². The van der Waals surface area contributed by atoms with Crippen LogP contribution in [0.2, 0.25) is 0 Å². The largest absolute Gasteiger partial charge is 0.309 e. The molecule has 3 unspecified atom stereocenters. The third-order valence-electron chi connectivity index (χ3n) is 12.1. The molecule has 4 nitrogen and oxygen atoms in total. The monoisotopic (exact) mass is 688 g/mol. The highest BCUT2D eigenvalue weighted by Gasteiger charge is 2.31. The van der Waals surface area contributed by atoms with Gasteiger partial charge in [-0.3, -0.25) is 0 Å². The van der Waals surface area contributed by atoms with E-state index < -0.39 is 0 Å². The fourth-order valence-electron chi connectivity index (χ4n) is 9.57. The van der Waals surface area contributed by atoms with Crippen LogP contribution in [0, 0.1) is 49.9 Å². The van der Waals surface area contributed by atoms with E-state index in [9.17, 15) is 5.26 Å². The first-order valence-corrected chi connectivity index (χ1v) is 19.2. The number of aryl methyl sites for hydroxylation is 3. The van der Waals surface area contributed by atoms with E-state index in [1.165, 1.54) is 77.7 Å². The fraction of sp³-hybridized carbons (Fsp3) is 0.245. The second-order valence-corrected chi connectivity index (χ2v) is 16.3. The Morgan fingerprint density at radius 3 is 1.42 bits per heavy atom. The first-order valence-electron chi connectivity index (χ1n) is 19.2. The molecule has 3 aromatic heterocycles. The molecule has 0 radical (unpaired) electrons. The van der Waals surface area contributed by atoms with Gasteiger partial charge in [0, 0.05) is 33.2 Å². The lowest BCUT2D eigenvalue weighted by molar-refractivity contribution is 0.681. The maximum absolute atomic E-state index is 11.4. The van der Waals surface area contributed by atoms with Gasteiger partial charge in [0.15, 0.2) is 0 Å². The Kier molecular flexibility index (Phi) is 6.99. The summed E-state index contributed by atoms with van der Waals surface area (Å²) in [5, 5.41) is 15.2. The zero-order valence-corrected chi connectivity index (χ0v) is 31.5. The van der Waals surface area contributed by atoms with Crippen LogP contribution in [-0.4, -0.2) is 13.7 Å². The van der Waals surface area contributed by atoms with Gasteiger partial charge >= 0.3 is 0 Å². The molecule has 10 rings (SSSR count).